The molecule has 0 atom stereocenters. The molecule has 1 aromatic heterocycles. The summed E-state index contributed by atoms with van der Waals surface area (Å²) in [7, 11) is 1.75. The van der Waals surface area contributed by atoms with Crippen LogP contribution in [0.15, 0.2) is 24.3 Å². The van der Waals surface area contributed by atoms with E-state index in [9.17, 15) is 4.79 Å². The van der Waals surface area contributed by atoms with E-state index < -0.39 is 0 Å². The van der Waals surface area contributed by atoms with E-state index in [4.69, 9.17) is 0 Å². The first-order valence-electron chi connectivity index (χ1n) is 6.98. The van der Waals surface area contributed by atoms with Crippen molar-refractivity contribution in [3.8, 4) is 0 Å². The molecule has 1 amide bonds. The fourth-order valence-corrected chi connectivity index (χ4v) is 2.13. The fraction of sp³-hybridized carbons (Fsp3) is 0.400. The highest BCUT2D eigenvalue weighted by Crippen LogP contribution is 2.37. The van der Waals surface area contributed by atoms with Crippen LogP contribution in [0.4, 0.5) is 5.69 Å². The summed E-state index contributed by atoms with van der Waals surface area (Å²) in [6.07, 6.45) is 3.26. The zero-order valence-electron chi connectivity index (χ0n) is 11.8. The number of carbonyl (C=O) groups is 1. The van der Waals surface area contributed by atoms with Crippen LogP contribution < -0.4 is 4.90 Å². The molecule has 1 N–H and O–H groups in total. The van der Waals surface area contributed by atoms with Crippen molar-refractivity contribution in [1.82, 2.24) is 15.2 Å². The minimum atomic E-state index is -0.183. The van der Waals surface area contributed by atoms with Crippen LogP contribution in [0.3, 0.4) is 0 Å². The average molecular weight is 270 g/mol. The van der Waals surface area contributed by atoms with Crippen molar-refractivity contribution in [2.24, 2.45) is 0 Å². The molecule has 0 spiro atoms. The zero-order chi connectivity index (χ0) is 14.1. The van der Waals surface area contributed by atoms with Gasteiger partial charge in [0, 0.05) is 18.7 Å². The predicted molar refractivity (Wildman–Crippen MR) is 76.9 cm³/mol. The number of nitrogens with zero attached hydrogens (tertiary/aromatic N) is 3. The van der Waals surface area contributed by atoms with Crippen molar-refractivity contribution in [3.05, 3.63) is 41.5 Å². The monoisotopic (exact) mass is 270 g/mol. The van der Waals surface area contributed by atoms with Crippen LogP contribution in [0, 0.1) is 0 Å². The number of benzene rings is 1. The van der Waals surface area contributed by atoms with Gasteiger partial charge >= 0.3 is 0 Å². The maximum Gasteiger partial charge on any atom is 0.297 e. The number of nitrogens with one attached hydrogen (secondary N) is 1. The lowest BCUT2D eigenvalue weighted by atomic mass is 10.1. The molecule has 104 valence electrons. The first-order valence-corrected chi connectivity index (χ1v) is 6.98. The Kier molecular flexibility index (Phi) is 3.26. The number of anilines is 1. The smallest absolute Gasteiger partial charge is 0.297 e. The topological polar surface area (TPSA) is 61.9 Å². The minimum Gasteiger partial charge on any atom is -0.309 e. The Hall–Kier alpha value is -2.17. The van der Waals surface area contributed by atoms with E-state index in [2.05, 4.69) is 22.1 Å². The van der Waals surface area contributed by atoms with Gasteiger partial charge in [-0.2, -0.15) is 0 Å². The maximum absolute atomic E-state index is 12.3. The summed E-state index contributed by atoms with van der Waals surface area (Å²) in [6.45, 7) is 2.11. The molecule has 0 saturated heterocycles. The Morgan fingerprint density at radius 3 is 2.65 bits per heavy atom. The molecule has 20 heavy (non-hydrogen) atoms. The molecule has 3 rings (SSSR count). The fourth-order valence-electron chi connectivity index (χ4n) is 2.13. The molecule has 1 fully saturated rings. The number of rotatable bonds is 4. The van der Waals surface area contributed by atoms with Gasteiger partial charge in [0.2, 0.25) is 5.82 Å². The van der Waals surface area contributed by atoms with E-state index in [1.54, 1.807) is 11.9 Å². The Morgan fingerprint density at radius 1 is 1.35 bits per heavy atom. The Balaban J connectivity index is 1.77. The molecule has 1 aromatic carbocycles. The molecule has 0 bridgehead atoms. The second-order valence-electron chi connectivity index (χ2n) is 5.20. The van der Waals surface area contributed by atoms with E-state index in [-0.39, 0.29) is 11.7 Å². The number of carbonyl (C=O) groups excluding carboxylic acids is 1. The molecule has 1 aliphatic rings. The van der Waals surface area contributed by atoms with Crippen LogP contribution in [0.5, 0.6) is 0 Å². The van der Waals surface area contributed by atoms with E-state index in [0.29, 0.717) is 5.92 Å². The van der Waals surface area contributed by atoms with E-state index in [1.165, 1.54) is 5.56 Å². The molecule has 0 aliphatic heterocycles. The summed E-state index contributed by atoms with van der Waals surface area (Å²) < 4.78 is 0. The van der Waals surface area contributed by atoms with Gasteiger partial charge in [-0.15, -0.1) is 5.10 Å². The van der Waals surface area contributed by atoms with Crippen LogP contribution in [-0.2, 0) is 6.42 Å². The number of aromatic amines is 1. The molecule has 1 heterocycles. The summed E-state index contributed by atoms with van der Waals surface area (Å²) in [5, 5.41) is 6.89. The molecule has 5 nitrogen and oxygen atoms in total. The number of H-pyrrole nitrogens is 1. The standard InChI is InChI=1S/C15H18N4O/c1-3-10-4-8-12(9-5-10)19(2)15(20)14-16-13(17-18-14)11-6-7-11/h4-5,8-9,11H,3,6-7H2,1-2H3,(H,16,17,18). The number of hydrogen-bond donors (Lipinski definition) is 1. The lowest BCUT2D eigenvalue weighted by Crippen LogP contribution is -2.27. The highest BCUT2D eigenvalue weighted by molar-refractivity contribution is 6.03. The number of amides is 1. The largest absolute Gasteiger partial charge is 0.309 e. The van der Waals surface area contributed by atoms with Crippen molar-refractivity contribution in [1.29, 1.82) is 0 Å². The molecule has 1 saturated carbocycles. The quantitative estimate of drug-likeness (QED) is 0.928. The van der Waals surface area contributed by atoms with Crippen molar-refractivity contribution in [3.63, 3.8) is 0 Å². The van der Waals surface area contributed by atoms with Crippen molar-refractivity contribution >= 4 is 11.6 Å². The van der Waals surface area contributed by atoms with Gasteiger partial charge in [-0.1, -0.05) is 19.1 Å². The lowest BCUT2D eigenvalue weighted by Gasteiger charge is -2.15. The Morgan fingerprint density at radius 2 is 2.05 bits per heavy atom. The molecule has 0 radical (unpaired) electrons. The normalized spacial score (nSPS) is 14.3. The third kappa shape index (κ3) is 2.43. The zero-order valence-corrected chi connectivity index (χ0v) is 11.8. The molecule has 0 unspecified atom stereocenters. The van der Waals surface area contributed by atoms with Crippen LogP contribution in [0.25, 0.3) is 0 Å². The van der Waals surface area contributed by atoms with Crippen molar-refractivity contribution in [2.45, 2.75) is 32.1 Å². The average Bonchev–Trinajstić information content (AvgIpc) is 3.23. The van der Waals surface area contributed by atoms with E-state index in [0.717, 1.165) is 30.8 Å². The first-order chi connectivity index (χ1) is 9.69. The first kappa shape index (κ1) is 12.8. The van der Waals surface area contributed by atoms with Crippen molar-refractivity contribution < 1.29 is 4.79 Å². The second kappa shape index (κ2) is 5.07. The van der Waals surface area contributed by atoms with Gasteiger partial charge in [0.05, 0.1) is 0 Å². The van der Waals surface area contributed by atoms with Gasteiger partial charge in [0.15, 0.2) is 0 Å². The molecule has 1 aliphatic carbocycles. The van der Waals surface area contributed by atoms with Gasteiger partial charge in [-0.25, -0.2) is 4.98 Å². The number of hydrogen-bond acceptors (Lipinski definition) is 3. The van der Waals surface area contributed by atoms with Gasteiger partial charge in [0.1, 0.15) is 5.82 Å². The Bertz CT molecular complexity index is 613. The van der Waals surface area contributed by atoms with Gasteiger partial charge in [-0.05, 0) is 37.0 Å². The van der Waals surface area contributed by atoms with Crippen LogP contribution in [-0.4, -0.2) is 28.1 Å². The molecule has 5 heteroatoms. The SMILES string of the molecule is CCc1ccc(N(C)C(=O)c2n[nH]c(C3CC3)n2)cc1. The summed E-state index contributed by atoms with van der Waals surface area (Å²) in [4.78, 5) is 18.2. The molecular weight excluding hydrogens is 252 g/mol. The number of aryl methyl sites for hydroxylation is 1. The summed E-state index contributed by atoms with van der Waals surface area (Å²) in [5.41, 5.74) is 2.11. The third-order valence-corrected chi connectivity index (χ3v) is 3.69. The molecule has 2 aromatic rings. The van der Waals surface area contributed by atoms with Crippen LogP contribution in [0.1, 0.15) is 47.7 Å². The van der Waals surface area contributed by atoms with E-state index in [1.807, 2.05) is 24.3 Å². The van der Waals surface area contributed by atoms with Gasteiger partial charge in [0.25, 0.3) is 5.91 Å². The summed E-state index contributed by atoms with van der Waals surface area (Å²) >= 11 is 0. The van der Waals surface area contributed by atoms with Crippen LogP contribution in [0.2, 0.25) is 0 Å². The van der Waals surface area contributed by atoms with Gasteiger partial charge < -0.3 is 4.90 Å². The minimum absolute atomic E-state index is 0.183. The third-order valence-electron chi connectivity index (χ3n) is 3.69. The maximum atomic E-state index is 12.3. The summed E-state index contributed by atoms with van der Waals surface area (Å²) in [6, 6.07) is 7.97. The van der Waals surface area contributed by atoms with Crippen LogP contribution >= 0.6 is 0 Å². The second-order valence-corrected chi connectivity index (χ2v) is 5.20. The van der Waals surface area contributed by atoms with E-state index >= 15 is 0 Å². The predicted octanol–water partition coefficient (Wildman–Crippen LogP) is 2.52. The highest BCUT2D eigenvalue weighted by Gasteiger charge is 2.28. The Labute approximate surface area is 118 Å². The van der Waals surface area contributed by atoms with Gasteiger partial charge in [-0.3, -0.25) is 9.89 Å². The van der Waals surface area contributed by atoms with Crippen molar-refractivity contribution in [2.75, 3.05) is 11.9 Å². The summed E-state index contributed by atoms with van der Waals surface area (Å²) in [5.74, 6) is 1.37. The molecular formula is C15H18N4O. The number of aromatic nitrogens is 3. The lowest BCUT2D eigenvalue weighted by molar-refractivity contribution is 0.0983. The highest BCUT2D eigenvalue weighted by atomic mass is 16.2.